The molecule has 0 bridgehead atoms. The van der Waals surface area contributed by atoms with Crippen molar-refractivity contribution < 1.29 is 5.11 Å². The average molecular weight is 282 g/mol. The van der Waals surface area contributed by atoms with Crippen LogP contribution in [0.2, 0.25) is 0 Å². The van der Waals surface area contributed by atoms with Gasteiger partial charge < -0.3 is 9.67 Å². The van der Waals surface area contributed by atoms with Crippen molar-refractivity contribution >= 4 is 26.8 Å². The molecule has 0 atom stereocenters. The predicted octanol–water partition coefficient (Wildman–Crippen LogP) is 3.56. The fourth-order valence-corrected chi connectivity index (χ4v) is 2.14. The Morgan fingerprint density at radius 2 is 2.06 bits per heavy atom. The van der Waals surface area contributed by atoms with Gasteiger partial charge >= 0.3 is 0 Å². The number of benzene rings is 1. The highest BCUT2D eigenvalue weighted by molar-refractivity contribution is 9.10. The highest BCUT2D eigenvalue weighted by Gasteiger charge is 2.12. The molecule has 1 N–H and O–H groups in total. The quantitative estimate of drug-likeness (QED) is 0.914. The van der Waals surface area contributed by atoms with Crippen LogP contribution in [0.3, 0.4) is 0 Å². The first-order valence-electron chi connectivity index (χ1n) is 5.42. The summed E-state index contributed by atoms with van der Waals surface area (Å²) in [6, 6.07) is 8.35. The van der Waals surface area contributed by atoms with Crippen molar-refractivity contribution in [1.82, 2.24) is 4.57 Å². The number of aromatic nitrogens is 1. The molecule has 0 fully saturated rings. The van der Waals surface area contributed by atoms with Gasteiger partial charge in [-0.05, 0) is 44.5 Å². The zero-order valence-corrected chi connectivity index (χ0v) is 11.2. The van der Waals surface area contributed by atoms with E-state index in [0.29, 0.717) is 0 Å². The van der Waals surface area contributed by atoms with Gasteiger partial charge in [-0.2, -0.15) is 0 Å². The van der Waals surface area contributed by atoms with Crippen molar-refractivity contribution in [3.63, 3.8) is 0 Å². The number of hydrogen-bond donors (Lipinski definition) is 1. The van der Waals surface area contributed by atoms with E-state index in [0.717, 1.165) is 17.4 Å². The van der Waals surface area contributed by atoms with Gasteiger partial charge in [0.2, 0.25) is 0 Å². The summed E-state index contributed by atoms with van der Waals surface area (Å²) in [7, 11) is 0. The third-order valence-electron chi connectivity index (χ3n) is 2.70. The van der Waals surface area contributed by atoms with Gasteiger partial charge in [-0.15, -0.1) is 0 Å². The molecule has 3 heteroatoms. The van der Waals surface area contributed by atoms with E-state index < -0.39 is 5.60 Å². The first-order valence-corrected chi connectivity index (χ1v) is 6.22. The molecular weight excluding hydrogens is 266 g/mol. The molecule has 2 rings (SSSR count). The molecule has 16 heavy (non-hydrogen) atoms. The van der Waals surface area contributed by atoms with Crippen LogP contribution in [0.15, 0.2) is 34.9 Å². The lowest BCUT2D eigenvalue weighted by Crippen LogP contribution is -2.20. The number of aliphatic hydroxyl groups is 1. The molecule has 0 aliphatic carbocycles. The first-order chi connectivity index (χ1) is 7.46. The van der Waals surface area contributed by atoms with Gasteiger partial charge in [-0.25, -0.2) is 0 Å². The maximum absolute atomic E-state index is 9.71. The largest absolute Gasteiger partial charge is 0.390 e. The van der Waals surface area contributed by atoms with Gasteiger partial charge in [0.25, 0.3) is 0 Å². The Morgan fingerprint density at radius 1 is 1.31 bits per heavy atom. The lowest BCUT2D eigenvalue weighted by molar-refractivity contribution is 0.0666. The molecule has 0 spiro atoms. The smallest absolute Gasteiger partial charge is 0.0608 e. The van der Waals surface area contributed by atoms with Gasteiger partial charge in [0.05, 0.1) is 5.60 Å². The van der Waals surface area contributed by atoms with Crippen LogP contribution in [0.1, 0.15) is 20.3 Å². The third kappa shape index (κ3) is 2.66. The van der Waals surface area contributed by atoms with E-state index in [9.17, 15) is 5.11 Å². The summed E-state index contributed by atoms with van der Waals surface area (Å²) in [5.74, 6) is 0. The molecule has 0 aliphatic heterocycles. The van der Waals surface area contributed by atoms with E-state index in [-0.39, 0.29) is 0 Å². The summed E-state index contributed by atoms with van der Waals surface area (Å²) in [5, 5.41) is 10.9. The molecule has 1 aromatic carbocycles. The number of aryl methyl sites for hydroxylation is 1. The number of fused-ring (bicyclic) bond motifs is 1. The minimum absolute atomic E-state index is 0.605. The Balaban J connectivity index is 2.25. The molecule has 0 saturated carbocycles. The van der Waals surface area contributed by atoms with Crippen LogP contribution in [0.4, 0.5) is 0 Å². The Labute approximate surface area is 104 Å². The summed E-state index contributed by atoms with van der Waals surface area (Å²) >= 11 is 3.46. The zero-order valence-electron chi connectivity index (χ0n) is 9.57. The molecule has 1 heterocycles. The van der Waals surface area contributed by atoms with Crippen LogP contribution >= 0.6 is 15.9 Å². The topological polar surface area (TPSA) is 25.2 Å². The SMILES string of the molecule is CC(C)(O)CCn1ccc2cc(Br)ccc21. The number of hydrogen-bond acceptors (Lipinski definition) is 1. The minimum atomic E-state index is -0.605. The van der Waals surface area contributed by atoms with Crippen molar-refractivity contribution in [3.8, 4) is 0 Å². The van der Waals surface area contributed by atoms with E-state index in [1.165, 1.54) is 10.9 Å². The number of halogens is 1. The summed E-state index contributed by atoms with van der Waals surface area (Å²) in [4.78, 5) is 0. The van der Waals surface area contributed by atoms with Crippen molar-refractivity contribution in [2.24, 2.45) is 0 Å². The van der Waals surface area contributed by atoms with Gasteiger partial charge in [0, 0.05) is 28.1 Å². The molecule has 86 valence electrons. The van der Waals surface area contributed by atoms with Crippen molar-refractivity contribution in [2.75, 3.05) is 0 Å². The second kappa shape index (κ2) is 4.22. The second-order valence-corrected chi connectivity index (χ2v) is 5.69. The van der Waals surface area contributed by atoms with Crippen molar-refractivity contribution in [2.45, 2.75) is 32.4 Å². The van der Waals surface area contributed by atoms with Crippen LogP contribution in [-0.2, 0) is 6.54 Å². The van der Waals surface area contributed by atoms with E-state index in [1.807, 2.05) is 19.9 Å². The molecule has 0 aliphatic rings. The average Bonchev–Trinajstić information content (AvgIpc) is 2.56. The first kappa shape index (κ1) is 11.7. The van der Waals surface area contributed by atoms with Crippen LogP contribution < -0.4 is 0 Å². The van der Waals surface area contributed by atoms with Gasteiger partial charge in [-0.3, -0.25) is 0 Å². The Hall–Kier alpha value is -0.800. The number of nitrogens with zero attached hydrogens (tertiary/aromatic N) is 1. The Kier molecular flexibility index (Phi) is 3.08. The molecule has 0 saturated heterocycles. The van der Waals surface area contributed by atoms with E-state index >= 15 is 0 Å². The summed E-state index contributed by atoms with van der Waals surface area (Å²) in [6.07, 6.45) is 2.83. The summed E-state index contributed by atoms with van der Waals surface area (Å²) < 4.78 is 3.28. The highest BCUT2D eigenvalue weighted by Crippen LogP contribution is 2.22. The molecule has 0 radical (unpaired) electrons. The van der Waals surface area contributed by atoms with Crippen LogP contribution in [0.25, 0.3) is 10.9 Å². The molecule has 1 aromatic heterocycles. The second-order valence-electron chi connectivity index (χ2n) is 4.77. The van der Waals surface area contributed by atoms with Crippen LogP contribution in [-0.4, -0.2) is 15.3 Å². The fraction of sp³-hybridized carbons (Fsp3) is 0.385. The molecule has 2 nitrogen and oxygen atoms in total. The minimum Gasteiger partial charge on any atom is -0.390 e. The van der Waals surface area contributed by atoms with Crippen molar-refractivity contribution in [3.05, 3.63) is 34.9 Å². The lowest BCUT2D eigenvalue weighted by atomic mass is 10.1. The maximum Gasteiger partial charge on any atom is 0.0608 e. The Morgan fingerprint density at radius 3 is 2.75 bits per heavy atom. The van der Waals surface area contributed by atoms with Crippen LogP contribution in [0, 0.1) is 0 Å². The highest BCUT2D eigenvalue weighted by atomic mass is 79.9. The summed E-state index contributed by atoms with van der Waals surface area (Å²) in [6.45, 7) is 4.53. The molecule has 0 amide bonds. The van der Waals surface area contributed by atoms with Crippen LogP contribution in [0.5, 0.6) is 0 Å². The zero-order chi connectivity index (χ0) is 11.8. The molecule has 2 aromatic rings. The third-order valence-corrected chi connectivity index (χ3v) is 3.19. The monoisotopic (exact) mass is 281 g/mol. The number of rotatable bonds is 3. The van der Waals surface area contributed by atoms with Gasteiger partial charge in [0.15, 0.2) is 0 Å². The predicted molar refractivity (Wildman–Crippen MR) is 70.6 cm³/mol. The fourth-order valence-electron chi connectivity index (χ4n) is 1.76. The van der Waals surface area contributed by atoms with Crippen molar-refractivity contribution in [1.29, 1.82) is 0 Å². The Bertz CT molecular complexity index is 496. The van der Waals surface area contributed by atoms with Gasteiger partial charge in [0.1, 0.15) is 0 Å². The normalized spacial score (nSPS) is 12.2. The van der Waals surface area contributed by atoms with Gasteiger partial charge in [-0.1, -0.05) is 15.9 Å². The van der Waals surface area contributed by atoms with E-state index in [2.05, 4.69) is 44.9 Å². The standard InChI is InChI=1S/C13H16BrNO/c1-13(2,16)6-8-15-7-5-10-9-11(14)3-4-12(10)15/h3-5,7,9,16H,6,8H2,1-2H3. The summed E-state index contributed by atoms with van der Waals surface area (Å²) in [5.41, 5.74) is 0.610. The van der Waals surface area contributed by atoms with E-state index in [1.54, 1.807) is 0 Å². The maximum atomic E-state index is 9.71. The lowest BCUT2D eigenvalue weighted by Gasteiger charge is -2.17. The van der Waals surface area contributed by atoms with E-state index in [4.69, 9.17) is 0 Å². The molecular formula is C13H16BrNO. The molecule has 0 unspecified atom stereocenters.